The van der Waals surface area contributed by atoms with E-state index in [0.29, 0.717) is 17.1 Å². The van der Waals surface area contributed by atoms with E-state index in [-0.39, 0.29) is 5.71 Å². The fourth-order valence-corrected chi connectivity index (χ4v) is 6.07. The SMILES string of the molecule is CC(=[N-])/C(=C(\N=Cc1ccccc1)c1ccc(-c2ccccc2)cc1)c1cccc(-c2cccc(-c3cc(C)nc(-c4ccccc4)n3)c2)c1. The van der Waals surface area contributed by atoms with E-state index in [4.69, 9.17) is 15.0 Å². The smallest absolute Gasteiger partial charge is 0.160 e. The molecule has 240 valence electrons. The molecule has 0 aliphatic heterocycles. The van der Waals surface area contributed by atoms with Gasteiger partial charge in [-0.1, -0.05) is 159 Å². The van der Waals surface area contributed by atoms with Crippen LogP contribution in [0.3, 0.4) is 0 Å². The average Bonchev–Trinajstić information content (AvgIpc) is 3.17. The van der Waals surface area contributed by atoms with Gasteiger partial charge in [-0.2, -0.15) is 5.71 Å². The first kappa shape index (κ1) is 32.0. The highest BCUT2D eigenvalue weighted by Gasteiger charge is 2.13. The maximum atomic E-state index is 11.3. The quantitative estimate of drug-likeness (QED) is 0.116. The Morgan fingerprint density at radius 1 is 0.520 bits per heavy atom. The van der Waals surface area contributed by atoms with Crippen LogP contribution in [0.5, 0.6) is 0 Å². The van der Waals surface area contributed by atoms with Crippen molar-refractivity contribution in [1.82, 2.24) is 9.97 Å². The number of benzene rings is 6. The number of hydrogen-bond donors (Lipinski definition) is 0. The molecule has 4 nitrogen and oxygen atoms in total. The Hall–Kier alpha value is -6.52. The van der Waals surface area contributed by atoms with Crippen LogP contribution in [-0.2, 0) is 0 Å². The number of allylic oxidation sites excluding steroid dienone is 1. The number of rotatable bonds is 9. The molecule has 1 aromatic heterocycles. The fourth-order valence-electron chi connectivity index (χ4n) is 6.07. The van der Waals surface area contributed by atoms with Crippen LogP contribution >= 0.6 is 0 Å². The van der Waals surface area contributed by atoms with Gasteiger partial charge in [-0.15, -0.1) is 0 Å². The Labute approximate surface area is 293 Å². The fraction of sp³-hybridized carbons (Fsp3) is 0.0435. The van der Waals surface area contributed by atoms with E-state index >= 15 is 0 Å². The van der Waals surface area contributed by atoms with Crippen LogP contribution in [0.1, 0.15) is 29.3 Å². The molecule has 0 spiro atoms. The molecule has 0 radical (unpaired) electrons. The van der Waals surface area contributed by atoms with Crippen LogP contribution in [0.15, 0.2) is 175 Å². The maximum Gasteiger partial charge on any atom is 0.160 e. The first-order valence-electron chi connectivity index (χ1n) is 16.7. The number of aromatic nitrogens is 2. The van der Waals surface area contributed by atoms with Crippen LogP contribution in [0.4, 0.5) is 0 Å². The van der Waals surface area contributed by atoms with E-state index < -0.39 is 0 Å². The normalized spacial score (nSPS) is 11.7. The zero-order valence-corrected chi connectivity index (χ0v) is 28.0. The third-order valence-electron chi connectivity index (χ3n) is 8.54. The lowest BCUT2D eigenvalue weighted by Crippen LogP contribution is -2.00. The molecule has 0 aliphatic carbocycles. The Morgan fingerprint density at radius 2 is 1.08 bits per heavy atom. The molecule has 0 aliphatic rings. The van der Waals surface area contributed by atoms with Crippen molar-refractivity contribution >= 4 is 23.2 Å². The molecule has 0 fully saturated rings. The van der Waals surface area contributed by atoms with E-state index in [1.165, 1.54) is 0 Å². The Balaban J connectivity index is 1.31. The van der Waals surface area contributed by atoms with Crippen molar-refractivity contribution in [2.75, 3.05) is 0 Å². The minimum atomic E-state index is 0.188. The van der Waals surface area contributed by atoms with E-state index in [9.17, 15) is 5.41 Å². The summed E-state index contributed by atoms with van der Waals surface area (Å²) >= 11 is 0. The van der Waals surface area contributed by atoms with E-state index in [2.05, 4.69) is 72.8 Å². The summed E-state index contributed by atoms with van der Waals surface area (Å²) in [6, 6.07) is 57.4. The van der Waals surface area contributed by atoms with Crippen molar-refractivity contribution in [3.63, 3.8) is 0 Å². The van der Waals surface area contributed by atoms with E-state index in [0.717, 1.165) is 61.5 Å². The second kappa shape index (κ2) is 14.7. The summed E-state index contributed by atoms with van der Waals surface area (Å²) in [6.07, 6.45) is 1.85. The predicted molar refractivity (Wildman–Crippen MR) is 210 cm³/mol. The third-order valence-corrected chi connectivity index (χ3v) is 8.54. The van der Waals surface area contributed by atoms with Gasteiger partial charge in [0.25, 0.3) is 0 Å². The molecule has 0 bridgehead atoms. The highest BCUT2D eigenvalue weighted by molar-refractivity contribution is 6.31. The van der Waals surface area contributed by atoms with Crippen LogP contribution in [0.25, 0.3) is 61.6 Å². The standard InChI is InChI=1S/C46H35N4/c1-32-28-43(50-46(49-32)38-18-10-5-11-19-38)41-22-12-20-39(29-41)40-21-13-23-42(30-40)44(33(2)47)45(48-31-34-14-6-3-7-15-34)37-26-24-36(25-27-37)35-16-8-4-9-17-35/h3-31H,1-2H3/q-1/b45-44+,48-31?. The van der Waals surface area contributed by atoms with Gasteiger partial charge in [0, 0.05) is 28.6 Å². The molecule has 7 rings (SSSR count). The average molecular weight is 644 g/mol. The minimum Gasteiger partial charge on any atom is -0.807 e. The second-order valence-corrected chi connectivity index (χ2v) is 12.2. The Bertz CT molecular complexity index is 2320. The topological polar surface area (TPSA) is 60.4 Å². The molecule has 4 heteroatoms. The monoisotopic (exact) mass is 643 g/mol. The molecule has 0 unspecified atom stereocenters. The molecule has 0 atom stereocenters. The van der Waals surface area contributed by atoms with Gasteiger partial charge in [0.15, 0.2) is 5.82 Å². The highest BCUT2D eigenvalue weighted by Crippen LogP contribution is 2.34. The lowest BCUT2D eigenvalue weighted by atomic mass is 9.92. The lowest BCUT2D eigenvalue weighted by Gasteiger charge is -2.19. The molecular formula is C46H35N4-. The second-order valence-electron chi connectivity index (χ2n) is 12.2. The van der Waals surface area contributed by atoms with Crippen molar-refractivity contribution in [3.05, 3.63) is 198 Å². The Kier molecular flexibility index (Phi) is 9.43. The van der Waals surface area contributed by atoms with E-state index in [1.807, 2.05) is 110 Å². The summed E-state index contributed by atoms with van der Waals surface area (Å²) in [5, 5.41) is 11.3. The molecule has 1 heterocycles. The number of aliphatic imine (C=N–C) groups is 1. The molecule has 0 N–H and O–H groups in total. The van der Waals surface area contributed by atoms with Gasteiger partial charge in [0.2, 0.25) is 0 Å². The zero-order chi connectivity index (χ0) is 34.3. The van der Waals surface area contributed by atoms with Gasteiger partial charge in [0.1, 0.15) is 0 Å². The Morgan fingerprint density at radius 3 is 1.76 bits per heavy atom. The van der Waals surface area contributed by atoms with Crippen molar-refractivity contribution < 1.29 is 0 Å². The summed E-state index contributed by atoms with van der Waals surface area (Å²) in [7, 11) is 0. The van der Waals surface area contributed by atoms with E-state index in [1.54, 1.807) is 6.92 Å². The molecule has 0 amide bonds. The van der Waals surface area contributed by atoms with Crippen molar-refractivity contribution in [2.24, 2.45) is 4.99 Å². The highest BCUT2D eigenvalue weighted by atomic mass is 14.9. The molecule has 50 heavy (non-hydrogen) atoms. The summed E-state index contributed by atoms with van der Waals surface area (Å²) in [5.41, 5.74) is 12.4. The first-order valence-corrected chi connectivity index (χ1v) is 16.7. The summed E-state index contributed by atoms with van der Waals surface area (Å²) < 4.78 is 0. The molecule has 0 saturated heterocycles. The van der Waals surface area contributed by atoms with Gasteiger partial charge in [0.05, 0.1) is 11.4 Å². The third kappa shape index (κ3) is 7.30. The van der Waals surface area contributed by atoms with Gasteiger partial charge in [-0.05, 0) is 64.1 Å². The molecule has 7 aromatic rings. The zero-order valence-electron chi connectivity index (χ0n) is 28.0. The number of aryl methyl sites for hydroxylation is 1. The van der Waals surface area contributed by atoms with Crippen molar-refractivity contribution in [3.8, 4) is 44.9 Å². The number of hydrogen-bond acceptors (Lipinski definition) is 3. The summed E-state index contributed by atoms with van der Waals surface area (Å²) in [6.45, 7) is 3.72. The molecule has 6 aromatic carbocycles. The molecule has 0 saturated carbocycles. The number of nitrogens with zero attached hydrogens (tertiary/aromatic N) is 4. The van der Waals surface area contributed by atoms with Crippen molar-refractivity contribution in [2.45, 2.75) is 13.8 Å². The maximum absolute atomic E-state index is 11.3. The first-order chi connectivity index (χ1) is 24.5. The van der Waals surface area contributed by atoms with Gasteiger partial charge in [-0.3, -0.25) is 4.99 Å². The lowest BCUT2D eigenvalue weighted by molar-refractivity contribution is 1.11. The van der Waals surface area contributed by atoms with Gasteiger partial charge < -0.3 is 5.41 Å². The van der Waals surface area contributed by atoms with Crippen molar-refractivity contribution in [1.29, 1.82) is 0 Å². The van der Waals surface area contributed by atoms with Crippen LogP contribution in [-0.4, -0.2) is 21.9 Å². The molecular weight excluding hydrogens is 609 g/mol. The van der Waals surface area contributed by atoms with Crippen LogP contribution in [0, 0.1) is 6.92 Å². The van der Waals surface area contributed by atoms with Gasteiger partial charge in [-0.25, -0.2) is 9.97 Å². The predicted octanol–water partition coefficient (Wildman–Crippen LogP) is 11.5. The van der Waals surface area contributed by atoms with Crippen LogP contribution < -0.4 is 0 Å². The van der Waals surface area contributed by atoms with Crippen LogP contribution in [0.2, 0.25) is 0 Å². The minimum absolute atomic E-state index is 0.188. The summed E-state index contributed by atoms with van der Waals surface area (Å²) in [5.74, 6) is 0.706. The van der Waals surface area contributed by atoms with Gasteiger partial charge >= 0.3 is 0 Å². The largest absolute Gasteiger partial charge is 0.807 e. The summed E-state index contributed by atoms with van der Waals surface area (Å²) in [4.78, 5) is 14.7.